The maximum absolute atomic E-state index is 9.07. The molecule has 3 nitrogen and oxygen atoms in total. The first-order chi connectivity index (χ1) is 7.34. The maximum Gasteiger partial charge on any atom is 0.125 e. The summed E-state index contributed by atoms with van der Waals surface area (Å²) in [7, 11) is 0. The maximum atomic E-state index is 9.07. The molecule has 0 unspecified atom stereocenters. The normalized spacial score (nSPS) is 10.9. The molecular weight excluding hydrogens is 190 g/mol. The summed E-state index contributed by atoms with van der Waals surface area (Å²) < 4.78 is 5.14. The molecule has 1 aromatic heterocycles. The highest BCUT2D eigenvalue weighted by Crippen LogP contribution is 2.08. The van der Waals surface area contributed by atoms with Gasteiger partial charge in [0.2, 0.25) is 0 Å². The molecule has 0 aliphatic rings. The Morgan fingerprint density at radius 1 is 1.20 bits per heavy atom. The van der Waals surface area contributed by atoms with Gasteiger partial charge in [0.15, 0.2) is 0 Å². The molecule has 0 spiro atoms. The van der Waals surface area contributed by atoms with E-state index in [4.69, 9.17) is 9.52 Å². The van der Waals surface area contributed by atoms with Crippen molar-refractivity contribution in [3.8, 4) is 5.75 Å². The summed E-state index contributed by atoms with van der Waals surface area (Å²) in [5.41, 5.74) is 0.958. The Labute approximate surface area is 87.7 Å². The van der Waals surface area contributed by atoms with Crippen molar-refractivity contribution in [3.63, 3.8) is 0 Å². The molecule has 76 valence electrons. The highest BCUT2D eigenvalue weighted by Gasteiger charge is 1.91. The van der Waals surface area contributed by atoms with Gasteiger partial charge in [-0.1, -0.05) is 0 Å². The number of nitrogens with zero attached hydrogens (tertiary/aromatic N) is 1. The second-order valence-electron chi connectivity index (χ2n) is 3.14. The number of rotatable bonds is 3. The van der Waals surface area contributed by atoms with Crippen LogP contribution in [0.4, 0.5) is 0 Å². The zero-order valence-electron chi connectivity index (χ0n) is 8.13. The summed E-state index contributed by atoms with van der Waals surface area (Å²) in [4.78, 5) is 4.21. The predicted molar refractivity (Wildman–Crippen MR) is 58.1 cm³/mol. The van der Waals surface area contributed by atoms with E-state index in [9.17, 15) is 0 Å². The molecular formula is C12H11NO2. The smallest absolute Gasteiger partial charge is 0.125 e. The number of furan rings is 1. The fourth-order valence-corrected chi connectivity index (χ4v) is 1.20. The zero-order chi connectivity index (χ0) is 10.5. The molecule has 0 fully saturated rings. The lowest BCUT2D eigenvalue weighted by Gasteiger charge is -1.93. The number of phenols is 1. The molecule has 15 heavy (non-hydrogen) atoms. The Kier molecular flexibility index (Phi) is 2.83. The van der Waals surface area contributed by atoms with Gasteiger partial charge in [-0.2, -0.15) is 0 Å². The van der Waals surface area contributed by atoms with Crippen molar-refractivity contribution in [2.45, 2.75) is 6.54 Å². The zero-order valence-corrected chi connectivity index (χ0v) is 8.13. The van der Waals surface area contributed by atoms with E-state index in [1.165, 1.54) is 0 Å². The van der Waals surface area contributed by atoms with Crippen molar-refractivity contribution in [1.29, 1.82) is 0 Å². The second-order valence-corrected chi connectivity index (χ2v) is 3.14. The van der Waals surface area contributed by atoms with Crippen molar-refractivity contribution >= 4 is 6.21 Å². The topological polar surface area (TPSA) is 45.7 Å². The van der Waals surface area contributed by atoms with Crippen LogP contribution in [0.5, 0.6) is 5.75 Å². The third-order valence-electron chi connectivity index (χ3n) is 1.96. The predicted octanol–water partition coefficient (Wildman–Crippen LogP) is 2.60. The number of phenolic OH excluding ortho intramolecular Hbond substituents is 1. The average Bonchev–Trinajstić information content (AvgIpc) is 2.74. The van der Waals surface area contributed by atoms with Crippen LogP contribution in [-0.4, -0.2) is 11.3 Å². The number of aliphatic imine (C=N–C) groups is 1. The summed E-state index contributed by atoms with van der Waals surface area (Å²) in [6, 6.07) is 10.6. The third-order valence-corrected chi connectivity index (χ3v) is 1.96. The largest absolute Gasteiger partial charge is 0.508 e. The Morgan fingerprint density at radius 3 is 2.67 bits per heavy atom. The van der Waals surface area contributed by atoms with Gasteiger partial charge in [-0.25, -0.2) is 0 Å². The van der Waals surface area contributed by atoms with Gasteiger partial charge in [-0.05, 0) is 42.0 Å². The molecule has 0 atom stereocenters. The summed E-state index contributed by atoms with van der Waals surface area (Å²) in [6.07, 6.45) is 3.38. The third kappa shape index (κ3) is 2.71. The molecule has 3 heteroatoms. The van der Waals surface area contributed by atoms with Gasteiger partial charge < -0.3 is 9.52 Å². The van der Waals surface area contributed by atoms with Gasteiger partial charge in [-0.15, -0.1) is 0 Å². The summed E-state index contributed by atoms with van der Waals surface area (Å²) in [5, 5.41) is 9.07. The fourth-order valence-electron chi connectivity index (χ4n) is 1.20. The van der Waals surface area contributed by atoms with Gasteiger partial charge in [0, 0.05) is 6.21 Å². The van der Waals surface area contributed by atoms with Crippen molar-refractivity contribution in [2.24, 2.45) is 4.99 Å². The van der Waals surface area contributed by atoms with Crippen LogP contribution in [0.15, 0.2) is 52.1 Å². The molecule has 0 saturated heterocycles. The van der Waals surface area contributed by atoms with E-state index in [0.717, 1.165) is 11.3 Å². The Bertz CT molecular complexity index is 429. The van der Waals surface area contributed by atoms with Crippen LogP contribution in [-0.2, 0) is 6.54 Å². The number of hydrogen-bond acceptors (Lipinski definition) is 3. The number of aromatic hydroxyl groups is 1. The molecule has 1 aromatic carbocycles. The Morgan fingerprint density at radius 2 is 2.00 bits per heavy atom. The number of benzene rings is 1. The van der Waals surface area contributed by atoms with E-state index in [1.54, 1.807) is 36.7 Å². The van der Waals surface area contributed by atoms with Crippen LogP contribution < -0.4 is 0 Å². The highest BCUT2D eigenvalue weighted by molar-refractivity contribution is 5.79. The summed E-state index contributed by atoms with van der Waals surface area (Å²) in [5.74, 6) is 1.10. The summed E-state index contributed by atoms with van der Waals surface area (Å²) >= 11 is 0. The first-order valence-corrected chi connectivity index (χ1v) is 4.66. The average molecular weight is 201 g/mol. The number of hydrogen-bond donors (Lipinski definition) is 1. The minimum Gasteiger partial charge on any atom is -0.508 e. The van der Waals surface area contributed by atoms with Gasteiger partial charge in [-0.3, -0.25) is 4.99 Å². The van der Waals surface area contributed by atoms with E-state index in [-0.39, 0.29) is 5.75 Å². The molecule has 2 rings (SSSR count). The van der Waals surface area contributed by atoms with Crippen LogP contribution >= 0.6 is 0 Å². The fraction of sp³-hybridized carbons (Fsp3) is 0.0833. The van der Waals surface area contributed by atoms with Gasteiger partial charge >= 0.3 is 0 Å². The minimum absolute atomic E-state index is 0.262. The molecule has 0 aliphatic heterocycles. The second kappa shape index (κ2) is 4.46. The molecule has 1 heterocycles. The minimum atomic E-state index is 0.262. The van der Waals surface area contributed by atoms with E-state index in [1.807, 2.05) is 12.1 Å². The van der Waals surface area contributed by atoms with Crippen LogP contribution in [0.2, 0.25) is 0 Å². The van der Waals surface area contributed by atoms with Gasteiger partial charge in [0.1, 0.15) is 11.5 Å². The first kappa shape index (κ1) is 9.52. The van der Waals surface area contributed by atoms with Crippen molar-refractivity contribution in [1.82, 2.24) is 0 Å². The van der Waals surface area contributed by atoms with E-state index < -0.39 is 0 Å². The molecule has 1 N–H and O–H groups in total. The van der Waals surface area contributed by atoms with E-state index in [2.05, 4.69) is 4.99 Å². The monoisotopic (exact) mass is 201 g/mol. The highest BCUT2D eigenvalue weighted by atomic mass is 16.3. The van der Waals surface area contributed by atoms with Crippen LogP contribution in [0.1, 0.15) is 11.3 Å². The van der Waals surface area contributed by atoms with E-state index >= 15 is 0 Å². The molecule has 2 aromatic rings. The first-order valence-electron chi connectivity index (χ1n) is 4.66. The molecule has 0 bridgehead atoms. The summed E-state index contributed by atoms with van der Waals surface area (Å²) in [6.45, 7) is 0.536. The van der Waals surface area contributed by atoms with Crippen molar-refractivity contribution in [2.75, 3.05) is 0 Å². The van der Waals surface area contributed by atoms with Crippen LogP contribution in [0.25, 0.3) is 0 Å². The Hall–Kier alpha value is -2.03. The SMILES string of the molecule is Oc1ccc(C=NCc2ccco2)cc1. The quantitative estimate of drug-likeness (QED) is 0.776. The molecule has 0 aliphatic carbocycles. The lowest BCUT2D eigenvalue weighted by molar-refractivity contribution is 0.475. The Balaban J connectivity index is 1.97. The standard InChI is InChI=1S/C12H11NO2/c14-11-5-3-10(4-6-11)8-13-9-12-2-1-7-15-12/h1-8,14H,9H2. The van der Waals surface area contributed by atoms with Gasteiger partial charge in [0.25, 0.3) is 0 Å². The molecule has 0 amide bonds. The molecule has 0 saturated carbocycles. The van der Waals surface area contributed by atoms with Crippen LogP contribution in [0, 0.1) is 0 Å². The van der Waals surface area contributed by atoms with Crippen molar-refractivity contribution in [3.05, 3.63) is 54.0 Å². The molecule has 0 radical (unpaired) electrons. The van der Waals surface area contributed by atoms with E-state index in [0.29, 0.717) is 6.54 Å². The van der Waals surface area contributed by atoms with Crippen LogP contribution in [0.3, 0.4) is 0 Å². The lowest BCUT2D eigenvalue weighted by atomic mass is 10.2. The van der Waals surface area contributed by atoms with Gasteiger partial charge in [0.05, 0.1) is 12.8 Å². The lowest BCUT2D eigenvalue weighted by Crippen LogP contribution is -1.82. The van der Waals surface area contributed by atoms with Crippen molar-refractivity contribution < 1.29 is 9.52 Å².